The number of carbonyl (C=O) groups is 1. The minimum absolute atomic E-state index is 0.105. The lowest BCUT2D eigenvalue weighted by molar-refractivity contribution is -0.111. The van der Waals surface area contributed by atoms with E-state index >= 15 is 0 Å². The molecule has 50 heavy (non-hydrogen) atoms. The Morgan fingerprint density at radius 1 is 0.760 bits per heavy atom. The van der Waals surface area contributed by atoms with E-state index in [1.165, 1.54) is 38.5 Å². The van der Waals surface area contributed by atoms with Crippen LogP contribution in [0, 0.1) is 11.8 Å². The zero-order chi connectivity index (χ0) is 35.3. The Bertz CT molecular complexity index is 1720. The van der Waals surface area contributed by atoms with Crippen LogP contribution in [0.15, 0.2) is 106 Å². The molecule has 2 N–H and O–H groups in total. The molecule has 0 radical (unpaired) electrons. The molecule has 0 amide bonds. The van der Waals surface area contributed by atoms with Gasteiger partial charge >= 0.3 is 0 Å². The number of aliphatic imine (C=N–C) groups is 2. The molecular formula is C42H50N4O4. The smallest absolute Gasteiger partial charge is 0.204 e. The quantitative estimate of drug-likeness (QED) is 0.130. The van der Waals surface area contributed by atoms with Crippen molar-refractivity contribution in [1.82, 2.24) is 4.98 Å². The first-order chi connectivity index (χ1) is 24.4. The van der Waals surface area contributed by atoms with Crippen molar-refractivity contribution in [3.05, 3.63) is 102 Å². The molecule has 0 saturated carbocycles. The molecule has 0 saturated heterocycles. The number of aliphatic hydroxyl groups is 1. The summed E-state index contributed by atoms with van der Waals surface area (Å²) >= 11 is 0. The highest BCUT2D eigenvalue weighted by atomic mass is 16.5. The number of pyridine rings is 1. The second-order valence-corrected chi connectivity index (χ2v) is 13.0. The van der Waals surface area contributed by atoms with Crippen molar-refractivity contribution in [2.45, 2.75) is 79.1 Å². The Labute approximate surface area is 296 Å². The number of ketones is 1. The number of hydrogen-bond acceptors (Lipinski definition) is 8. The standard InChI is InChI=1S/C42H50N4O4/c1-5-9-11-29(7-3)27-49-35-19-13-31(14-20-35)45-33-17-23-37(43-25-33)39-41(47)40(42(39)48)38-24-18-34(26-44-38)46-32-15-21-36(22-16-32)50-28-30(8-4)12-10-6-2/h13-26,29-30,45,47H,5-12,27-28H2,1-4H3/b40-38+,46-34?. The van der Waals surface area contributed by atoms with E-state index in [0.29, 0.717) is 28.9 Å². The molecule has 2 aliphatic rings. The lowest BCUT2D eigenvalue weighted by atomic mass is 9.84. The number of hydrogen-bond donors (Lipinski definition) is 2. The molecule has 262 valence electrons. The number of carbonyl (C=O) groups excluding carboxylic acids is 1. The van der Waals surface area contributed by atoms with Gasteiger partial charge in [0, 0.05) is 5.69 Å². The van der Waals surface area contributed by atoms with Gasteiger partial charge in [-0.2, -0.15) is 0 Å². The normalized spacial score (nSPS) is 17.5. The molecule has 8 nitrogen and oxygen atoms in total. The molecule has 2 atom stereocenters. The predicted molar refractivity (Wildman–Crippen MR) is 204 cm³/mol. The van der Waals surface area contributed by atoms with Crippen molar-refractivity contribution >= 4 is 40.3 Å². The van der Waals surface area contributed by atoms with Crippen LogP contribution < -0.4 is 14.8 Å². The minimum Gasteiger partial charge on any atom is -0.506 e. The molecule has 0 spiro atoms. The van der Waals surface area contributed by atoms with E-state index in [1.54, 1.807) is 30.6 Å². The number of benzene rings is 2. The van der Waals surface area contributed by atoms with Gasteiger partial charge in [0.05, 0.1) is 65.2 Å². The third kappa shape index (κ3) is 9.59. The molecular weight excluding hydrogens is 624 g/mol. The Morgan fingerprint density at radius 2 is 1.36 bits per heavy atom. The van der Waals surface area contributed by atoms with Crippen molar-refractivity contribution in [2.75, 3.05) is 18.5 Å². The molecule has 1 aliphatic carbocycles. The zero-order valence-electron chi connectivity index (χ0n) is 29.8. The van der Waals surface area contributed by atoms with E-state index in [2.05, 4.69) is 48.0 Å². The largest absolute Gasteiger partial charge is 0.506 e. The number of nitrogens with zero attached hydrogens (tertiary/aromatic N) is 3. The number of unbranched alkanes of at least 4 members (excludes halogenated alkanes) is 2. The van der Waals surface area contributed by atoms with E-state index in [4.69, 9.17) is 9.47 Å². The van der Waals surface area contributed by atoms with Crippen LogP contribution in [0.3, 0.4) is 0 Å². The number of aromatic nitrogens is 1. The van der Waals surface area contributed by atoms with E-state index in [1.807, 2.05) is 54.6 Å². The van der Waals surface area contributed by atoms with Crippen LogP contribution in [0.25, 0.3) is 5.57 Å². The Morgan fingerprint density at radius 3 is 1.86 bits per heavy atom. The van der Waals surface area contributed by atoms with Crippen molar-refractivity contribution in [2.24, 2.45) is 21.8 Å². The van der Waals surface area contributed by atoms with Gasteiger partial charge in [-0.15, -0.1) is 0 Å². The fourth-order valence-electron chi connectivity index (χ4n) is 5.89. The maximum absolute atomic E-state index is 13.1. The molecule has 0 bridgehead atoms. The van der Waals surface area contributed by atoms with E-state index < -0.39 is 0 Å². The van der Waals surface area contributed by atoms with Crippen molar-refractivity contribution < 1.29 is 19.4 Å². The molecule has 1 aliphatic heterocycles. The summed E-state index contributed by atoms with van der Waals surface area (Å²) in [7, 11) is 0. The van der Waals surface area contributed by atoms with Gasteiger partial charge in [0.25, 0.3) is 0 Å². The number of Topliss-reactive ketones (excluding diaryl/α,β-unsaturated/α-hetero) is 1. The second kappa shape index (κ2) is 18.1. The fraction of sp³-hybridized carbons (Fsp3) is 0.381. The van der Waals surface area contributed by atoms with Crippen molar-refractivity contribution in [3.63, 3.8) is 0 Å². The van der Waals surface area contributed by atoms with Crippen LogP contribution in [0.2, 0.25) is 0 Å². The van der Waals surface area contributed by atoms with Crippen LogP contribution in [0.5, 0.6) is 11.5 Å². The summed E-state index contributed by atoms with van der Waals surface area (Å²) in [5.74, 6) is 2.44. The molecule has 5 rings (SSSR count). The van der Waals surface area contributed by atoms with Gasteiger partial charge < -0.3 is 19.9 Å². The summed E-state index contributed by atoms with van der Waals surface area (Å²) in [5, 5.41) is 14.2. The second-order valence-electron chi connectivity index (χ2n) is 13.0. The highest BCUT2D eigenvalue weighted by Crippen LogP contribution is 2.38. The van der Waals surface area contributed by atoms with Crippen molar-refractivity contribution in [3.8, 4) is 11.5 Å². The summed E-state index contributed by atoms with van der Waals surface area (Å²) < 4.78 is 12.0. The number of allylic oxidation sites excluding steroid dienone is 4. The molecule has 8 heteroatoms. The number of anilines is 2. The Hall–Kier alpha value is -4.98. The van der Waals surface area contributed by atoms with Gasteiger partial charge in [0.2, 0.25) is 5.78 Å². The monoisotopic (exact) mass is 674 g/mol. The van der Waals surface area contributed by atoms with Crippen LogP contribution in [0.1, 0.15) is 84.8 Å². The molecule has 2 aromatic carbocycles. The number of dihydropyridines is 1. The van der Waals surface area contributed by atoms with Gasteiger partial charge in [-0.3, -0.25) is 14.8 Å². The third-order valence-corrected chi connectivity index (χ3v) is 9.25. The Kier molecular flexibility index (Phi) is 13.2. The van der Waals surface area contributed by atoms with Crippen LogP contribution in [-0.4, -0.2) is 41.0 Å². The summed E-state index contributed by atoms with van der Waals surface area (Å²) in [6, 6.07) is 19.1. The molecule has 3 aromatic rings. The van der Waals surface area contributed by atoms with E-state index in [0.717, 1.165) is 54.6 Å². The first kappa shape index (κ1) is 36.3. The fourth-order valence-corrected chi connectivity index (χ4v) is 5.89. The SMILES string of the molecule is CCCCC(CC)COc1ccc(N=C2C=C/C(=C3\C(=O)C(c4ccc(Nc5ccc(OCC(CC)CCCC)cc5)cn4)=C3O)N=C2)cc1. The van der Waals surface area contributed by atoms with Crippen LogP contribution in [-0.2, 0) is 4.79 Å². The summed E-state index contributed by atoms with van der Waals surface area (Å²) in [6.07, 6.45) is 16.2. The van der Waals surface area contributed by atoms with Gasteiger partial charge in [-0.25, -0.2) is 4.99 Å². The molecule has 0 fully saturated rings. The van der Waals surface area contributed by atoms with Gasteiger partial charge in [0.1, 0.15) is 17.3 Å². The van der Waals surface area contributed by atoms with Crippen LogP contribution >= 0.6 is 0 Å². The van der Waals surface area contributed by atoms with Gasteiger partial charge in [-0.05, 0) is 97.5 Å². The minimum atomic E-state index is -0.293. The Balaban J connectivity index is 1.15. The van der Waals surface area contributed by atoms with Gasteiger partial charge in [0.15, 0.2) is 0 Å². The zero-order valence-corrected chi connectivity index (χ0v) is 29.8. The first-order valence-corrected chi connectivity index (χ1v) is 18.1. The average molecular weight is 675 g/mol. The number of nitrogens with one attached hydrogen (secondary N) is 1. The number of ether oxygens (including phenoxy) is 2. The lowest BCUT2D eigenvalue weighted by Gasteiger charge is -2.22. The molecule has 1 aromatic heterocycles. The molecule has 2 heterocycles. The van der Waals surface area contributed by atoms with Gasteiger partial charge in [-0.1, -0.05) is 66.2 Å². The highest BCUT2D eigenvalue weighted by molar-refractivity contribution is 6.40. The third-order valence-electron chi connectivity index (χ3n) is 9.25. The summed E-state index contributed by atoms with van der Waals surface area (Å²) in [4.78, 5) is 26.6. The van der Waals surface area contributed by atoms with E-state index in [-0.39, 0.29) is 22.7 Å². The average Bonchev–Trinajstić information content (AvgIpc) is 3.14. The number of rotatable bonds is 18. The highest BCUT2D eigenvalue weighted by Gasteiger charge is 2.38. The molecule has 2 unspecified atom stereocenters. The summed E-state index contributed by atoms with van der Waals surface area (Å²) in [5.41, 5.74) is 4.24. The first-order valence-electron chi connectivity index (χ1n) is 18.1. The summed E-state index contributed by atoms with van der Waals surface area (Å²) in [6.45, 7) is 10.3. The van der Waals surface area contributed by atoms with Crippen molar-refractivity contribution in [1.29, 1.82) is 0 Å². The van der Waals surface area contributed by atoms with Crippen LogP contribution in [0.4, 0.5) is 17.1 Å². The van der Waals surface area contributed by atoms with E-state index in [9.17, 15) is 9.90 Å². The maximum atomic E-state index is 13.1. The maximum Gasteiger partial charge on any atom is 0.204 e. The lowest BCUT2D eigenvalue weighted by Crippen LogP contribution is -2.23. The topological polar surface area (TPSA) is 105 Å². The predicted octanol–water partition coefficient (Wildman–Crippen LogP) is 10.5. The number of aliphatic hydroxyl groups excluding tert-OH is 1.